The van der Waals surface area contributed by atoms with Crippen LogP contribution in [0.4, 0.5) is 0 Å². The number of hydrogen-bond donors (Lipinski definition) is 0. The standard InChI is InChI=1S/C23H35N5O3/c1-5-27(6-2)23(29)20-17-28(25-24-20)16-19-9-8-12-26(15-19)14-18-10-11-21(30-4)22(13-18)31-7-3/h10-11,13,17,19H,5-9,12,14-16H2,1-4H3/t19-/m0/s1. The zero-order valence-electron chi connectivity index (χ0n) is 19.2. The Bertz CT molecular complexity index is 849. The van der Waals surface area contributed by atoms with E-state index in [0.29, 0.717) is 31.3 Å². The molecule has 0 bridgehead atoms. The predicted octanol–water partition coefficient (Wildman–Crippen LogP) is 3.08. The summed E-state index contributed by atoms with van der Waals surface area (Å²) in [7, 11) is 1.66. The van der Waals surface area contributed by atoms with Gasteiger partial charge in [0.15, 0.2) is 17.2 Å². The van der Waals surface area contributed by atoms with E-state index in [1.165, 1.54) is 5.56 Å². The van der Waals surface area contributed by atoms with Crippen molar-refractivity contribution in [3.63, 3.8) is 0 Å². The van der Waals surface area contributed by atoms with Crippen molar-refractivity contribution in [1.29, 1.82) is 0 Å². The van der Waals surface area contributed by atoms with Crippen LogP contribution in [0.15, 0.2) is 24.4 Å². The van der Waals surface area contributed by atoms with Gasteiger partial charge in [-0.05, 0) is 63.8 Å². The van der Waals surface area contributed by atoms with Crippen LogP contribution in [0.5, 0.6) is 11.5 Å². The molecule has 0 spiro atoms. The number of benzene rings is 1. The SMILES string of the molecule is CCOc1cc(CN2CCC[C@H](Cn3cc(C(=O)N(CC)CC)nn3)C2)ccc1OC. The lowest BCUT2D eigenvalue weighted by atomic mass is 9.97. The first kappa shape index (κ1) is 23.1. The van der Waals surface area contributed by atoms with E-state index in [9.17, 15) is 4.79 Å². The van der Waals surface area contributed by atoms with Gasteiger partial charge in [0, 0.05) is 32.7 Å². The average molecular weight is 430 g/mol. The molecule has 170 valence electrons. The van der Waals surface area contributed by atoms with Gasteiger partial charge in [-0.2, -0.15) is 0 Å². The number of likely N-dealkylation sites (tertiary alicyclic amines) is 1. The van der Waals surface area contributed by atoms with Gasteiger partial charge in [0.05, 0.1) is 19.9 Å². The number of carbonyl (C=O) groups is 1. The zero-order chi connectivity index (χ0) is 22.2. The molecule has 31 heavy (non-hydrogen) atoms. The lowest BCUT2D eigenvalue weighted by Crippen LogP contribution is -2.36. The quantitative estimate of drug-likeness (QED) is 0.578. The number of amides is 1. The number of piperidine rings is 1. The second-order valence-corrected chi connectivity index (χ2v) is 7.96. The maximum atomic E-state index is 12.5. The second kappa shape index (κ2) is 11.1. The predicted molar refractivity (Wildman–Crippen MR) is 119 cm³/mol. The van der Waals surface area contributed by atoms with Gasteiger partial charge in [-0.1, -0.05) is 11.3 Å². The van der Waals surface area contributed by atoms with Gasteiger partial charge < -0.3 is 14.4 Å². The van der Waals surface area contributed by atoms with Gasteiger partial charge in [0.1, 0.15) is 0 Å². The van der Waals surface area contributed by atoms with Crippen LogP contribution in [-0.2, 0) is 13.1 Å². The minimum atomic E-state index is -0.0499. The van der Waals surface area contributed by atoms with Gasteiger partial charge in [-0.25, -0.2) is 0 Å². The Labute approximate surface area is 185 Å². The minimum absolute atomic E-state index is 0.0499. The van der Waals surface area contributed by atoms with Crippen LogP contribution in [0, 0.1) is 5.92 Å². The van der Waals surface area contributed by atoms with Crippen LogP contribution in [-0.4, -0.2) is 70.6 Å². The number of carbonyl (C=O) groups excluding carboxylic acids is 1. The molecule has 0 aliphatic carbocycles. The Morgan fingerprint density at radius 3 is 2.74 bits per heavy atom. The summed E-state index contributed by atoms with van der Waals surface area (Å²) in [6.07, 6.45) is 4.10. The molecule has 0 N–H and O–H groups in total. The van der Waals surface area contributed by atoms with Crippen LogP contribution in [0.1, 0.15) is 49.7 Å². The topological polar surface area (TPSA) is 72.7 Å². The maximum Gasteiger partial charge on any atom is 0.276 e. The third-order valence-corrected chi connectivity index (χ3v) is 5.79. The van der Waals surface area contributed by atoms with Crippen molar-refractivity contribution < 1.29 is 14.3 Å². The first-order chi connectivity index (χ1) is 15.1. The van der Waals surface area contributed by atoms with Gasteiger partial charge in [0.25, 0.3) is 5.91 Å². The van der Waals surface area contributed by atoms with E-state index in [-0.39, 0.29) is 5.91 Å². The lowest BCUT2D eigenvalue weighted by Gasteiger charge is -2.32. The van der Waals surface area contributed by atoms with Gasteiger partial charge >= 0.3 is 0 Å². The van der Waals surface area contributed by atoms with E-state index >= 15 is 0 Å². The normalized spacial score (nSPS) is 16.8. The third kappa shape index (κ3) is 5.97. The molecule has 1 atom stereocenters. The Kier molecular flexibility index (Phi) is 8.28. The van der Waals surface area contributed by atoms with Gasteiger partial charge in [-0.3, -0.25) is 14.4 Å². The van der Waals surface area contributed by atoms with Crippen molar-refractivity contribution in [3.8, 4) is 11.5 Å². The molecule has 3 rings (SSSR count). The summed E-state index contributed by atoms with van der Waals surface area (Å²) < 4.78 is 12.9. The highest BCUT2D eigenvalue weighted by Crippen LogP contribution is 2.29. The number of hydrogen-bond acceptors (Lipinski definition) is 6. The van der Waals surface area contributed by atoms with Crippen LogP contribution in [0.2, 0.25) is 0 Å². The van der Waals surface area contributed by atoms with Crippen molar-refractivity contribution in [2.75, 3.05) is 39.9 Å². The number of ether oxygens (including phenoxy) is 2. The Morgan fingerprint density at radius 1 is 1.23 bits per heavy atom. The maximum absolute atomic E-state index is 12.5. The summed E-state index contributed by atoms with van der Waals surface area (Å²) in [5.41, 5.74) is 1.65. The first-order valence-corrected chi connectivity index (χ1v) is 11.3. The van der Waals surface area contributed by atoms with Gasteiger partial charge in [-0.15, -0.1) is 5.10 Å². The van der Waals surface area contributed by atoms with Crippen LogP contribution < -0.4 is 9.47 Å². The monoisotopic (exact) mass is 429 g/mol. The summed E-state index contributed by atoms with van der Waals surface area (Å²) in [4.78, 5) is 16.7. The molecule has 2 aromatic rings. The third-order valence-electron chi connectivity index (χ3n) is 5.79. The van der Waals surface area contributed by atoms with E-state index in [2.05, 4.69) is 27.3 Å². The molecular weight excluding hydrogens is 394 g/mol. The minimum Gasteiger partial charge on any atom is -0.493 e. The van der Waals surface area contributed by atoms with E-state index in [1.54, 1.807) is 18.2 Å². The lowest BCUT2D eigenvalue weighted by molar-refractivity contribution is 0.0767. The molecule has 1 fully saturated rings. The molecule has 8 nitrogen and oxygen atoms in total. The van der Waals surface area contributed by atoms with Crippen molar-refractivity contribution in [1.82, 2.24) is 24.8 Å². The van der Waals surface area contributed by atoms with Crippen molar-refractivity contribution in [3.05, 3.63) is 35.7 Å². The summed E-state index contributed by atoms with van der Waals surface area (Å²) in [5, 5.41) is 8.32. The van der Waals surface area contributed by atoms with Crippen LogP contribution >= 0.6 is 0 Å². The van der Waals surface area contributed by atoms with E-state index in [4.69, 9.17) is 9.47 Å². The summed E-state index contributed by atoms with van der Waals surface area (Å²) >= 11 is 0. The highest BCUT2D eigenvalue weighted by molar-refractivity contribution is 5.91. The summed E-state index contributed by atoms with van der Waals surface area (Å²) in [6.45, 7) is 11.6. The number of rotatable bonds is 10. The molecule has 1 aliphatic rings. The molecule has 1 aromatic carbocycles. The van der Waals surface area contributed by atoms with Crippen molar-refractivity contribution in [2.24, 2.45) is 5.92 Å². The van der Waals surface area contributed by atoms with Crippen molar-refractivity contribution >= 4 is 5.91 Å². The molecule has 1 amide bonds. The molecular formula is C23H35N5O3. The average Bonchev–Trinajstić information content (AvgIpc) is 3.24. The zero-order valence-corrected chi connectivity index (χ0v) is 19.2. The van der Waals surface area contributed by atoms with Crippen LogP contribution in [0.3, 0.4) is 0 Å². The fourth-order valence-electron chi connectivity index (χ4n) is 4.21. The van der Waals surface area contributed by atoms with E-state index in [1.807, 2.05) is 31.5 Å². The first-order valence-electron chi connectivity index (χ1n) is 11.3. The number of methoxy groups -OCH3 is 1. The molecule has 1 aliphatic heterocycles. The van der Waals surface area contributed by atoms with Crippen LogP contribution in [0.25, 0.3) is 0 Å². The molecule has 2 heterocycles. The molecule has 1 aromatic heterocycles. The summed E-state index contributed by atoms with van der Waals surface area (Å²) in [5.74, 6) is 2.00. The smallest absolute Gasteiger partial charge is 0.276 e. The fourth-order valence-corrected chi connectivity index (χ4v) is 4.21. The second-order valence-electron chi connectivity index (χ2n) is 7.96. The largest absolute Gasteiger partial charge is 0.493 e. The number of aromatic nitrogens is 3. The molecule has 8 heteroatoms. The van der Waals surface area contributed by atoms with Crippen molar-refractivity contribution in [2.45, 2.75) is 46.7 Å². The Hall–Kier alpha value is -2.61. The molecule has 0 radical (unpaired) electrons. The molecule has 0 saturated carbocycles. The van der Waals surface area contributed by atoms with Gasteiger partial charge in [0.2, 0.25) is 0 Å². The summed E-state index contributed by atoms with van der Waals surface area (Å²) in [6, 6.07) is 6.16. The van der Waals surface area contributed by atoms with E-state index in [0.717, 1.165) is 50.5 Å². The highest BCUT2D eigenvalue weighted by Gasteiger charge is 2.22. The Balaban J connectivity index is 1.59. The highest BCUT2D eigenvalue weighted by atomic mass is 16.5. The molecule has 1 saturated heterocycles. The Morgan fingerprint density at radius 2 is 2.03 bits per heavy atom. The number of nitrogens with zero attached hydrogens (tertiary/aromatic N) is 5. The van der Waals surface area contributed by atoms with E-state index < -0.39 is 0 Å². The molecule has 0 unspecified atom stereocenters. The fraction of sp³-hybridized carbons (Fsp3) is 0.609.